The van der Waals surface area contributed by atoms with E-state index in [1.165, 1.54) is 0 Å². The van der Waals surface area contributed by atoms with Crippen molar-refractivity contribution in [1.82, 2.24) is 14.4 Å². The number of hydrogen-bond donors (Lipinski definition) is 2. The van der Waals surface area contributed by atoms with Crippen LogP contribution in [0.5, 0.6) is 0 Å². The molecule has 0 spiro atoms. The minimum absolute atomic E-state index is 0.679. The van der Waals surface area contributed by atoms with Gasteiger partial charge in [0.25, 0.3) is 0 Å². The van der Waals surface area contributed by atoms with E-state index in [4.69, 9.17) is 4.74 Å². The van der Waals surface area contributed by atoms with Crippen LogP contribution in [0, 0.1) is 0 Å². The lowest BCUT2D eigenvalue weighted by atomic mass is 10.4. The Bertz CT molecular complexity index is 511. The predicted octanol–water partition coefficient (Wildman–Crippen LogP) is 2.00. The lowest BCUT2D eigenvalue weighted by Gasteiger charge is -2.09. The molecule has 0 aliphatic rings. The summed E-state index contributed by atoms with van der Waals surface area (Å²) < 4.78 is 7.46. The summed E-state index contributed by atoms with van der Waals surface area (Å²) >= 11 is 0. The van der Waals surface area contributed by atoms with Gasteiger partial charge in [0.15, 0.2) is 11.5 Å². The van der Waals surface area contributed by atoms with Crippen LogP contribution in [0.15, 0.2) is 18.6 Å². The number of aromatic nitrogens is 3. The molecule has 2 aromatic rings. The molecule has 2 heterocycles. The third-order valence-corrected chi connectivity index (χ3v) is 2.81. The first-order chi connectivity index (χ1) is 9.35. The van der Waals surface area contributed by atoms with E-state index >= 15 is 0 Å². The lowest BCUT2D eigenvalue weighted by Crippen LogP contribution is -2.12. The summed E-state index contributed by atoms with van der Waals surface area (Å²) in [5, 5.41) is 6.30. The van der Waals surface area contributed by atoms with E-state index in [0.29, 0.717) is 6.61 Å². The van der Waals surface area contributed by atoms with Gasteiger partial charge in [0.05, 0.1) is 12.8 Å². The molecule has 0 atom stereocenters. The second-order valence-corrected chi connectivity index (χ2v) is 4.28. The fourth-order valence-electron chi connectivity index (χ4n) is 1.76. The van der Waals surface area contributed by atoms with Crippen molar-refractivity contribution in [2.45, 2.75) is 19.8 Å². The molecule has 2 N–H and O–H groups in total. The smallest absolute Gasteiger partial charge is 0.180 e. The van der Waals surface area contributed by atoms with E-state index < -0.39 is 0 Å². The summed E-state index contributed by atoms with van der Waals surface area (Å²) in [4.78, 5) is 8.76. The van der Waals surface area contributed by atoms with Gasteiger partial charge < -0.3 is 19.8 Å². The molecule has 0 amide bonds. The van der Waals surface area contributed by atoms with Gasteiger partial charge in [-0.15, -0.1) is 0 Å². The number of imidazole rings is 1. The molecule has 0 fully saturated rings. The topological polar surface area (TPSA) is 63.5 Å². The van der Waals surface area contributed by atoms with Crippen LogP contribution in [0.2, 0.25) is 0 Å². The first-order valence-corrected chi connectivity index (χ1v) is 6.68. The van der Waals surface area contributed by atoms with E-state index in [-0.39, 0.29) is 0 Å². The quantitative estimate of drug-likeness (QED) is 0.713. The second kappa shape index (κ2) is 6.94. The zero-order valence-corrected chi connectivity index (χ0v) is 11.5. The van der Waals surface area contributed by atoms with Crippen LogP contribution in [-0.2, 0) is 4.74 Å². The molecule has 0 radical (unpaired) electrons. The number of anilines is 2. The van der Waals surface area contributed by atoms with E-state index in [2.05, 4.69) is 27.5 Å². The number of rotatable bonds is 8. The summed E-state index contributed by atoms with van der Waals surface area (Å²) in [6.07, 6.45) is 7.84. The molecule has 2 aromatic heterocycles. The summed E-state index contributed by atoms with van der Waals surface area (Å²) in [5.74, 6) is 1.58. The van der Waals surface area contributed by atoms with Crippen molar-refractivity contribution >= 4 is 17.3 Å². The summed E-state index contributed by atoms with van der Waals surface area (Å²) in [5.41, 5.74) is 0.826. The highest BCUT2D eigenvalue weighted by atomic mass is 16.5. The zero-order chi connectivity index (χ0) is 13.5. The molecule has 0 aliphatic heterocycles. The van der Waals surface area contributed by atoms with Gasteiger partial charge in [0.2, 0.25) is 0 Å². The predicted molar refractivity (Wildman–Crippen MR) is 76.8 cm³/mol. The van der Waals surface area contributed by atoms with Crippen LogP contribution in [0.1, 0.15) is 19.8 Å². The van der Waals surface area contributed by atoms with Crippen LogP contribution in [0.3, 0.4) is 0 Å². The van der Waals surface area contributed by atoms with Gasteiger partial charge in [0, 0.05) is 32.6 Å². The van der Waals surface area contributed by atoms with Crippen molar-refractivity contribution < 1.29 is 4.74 Å². The van der Waals surface area contributed by atoms with Crippen molar-refractivity contribution in [3.63, 3.8) is 0 Å². The van der Waals surface area contributed by atoms with E-state index in [9.17, 15) is 0 Å². The standard InChI is InChI=1S/C13H21N5O/c1-3-4-8-19-9-6-15-12-13-16-5-7-18(13)10-11(14-2)17-12/h5,7,10,14H,3-4,6,8-9H2,1-2H3,(H,15,17). The number of fused-ring (bicyclic) bond motifs is 1. The first kappa shape index (κ1) is 13.6. The molecule has 0 saturated carbocycles. The molecule has 0 bridgehead atoms. The van der Waals surface area contributed by atoms with Gasteiger partial charge in [-0.05, 0) is 6.42 Å². The van der Waals surface area contributed by atoms with Crippen LogP contribution >= 0.6 is 0 Å². The molecule has 104 valence electrons. The molecule has 2 rings (SSSR count). The molecule has 0 aromatic carbocycles. The summed E-state index contributed by atoms with van der Waals surface area (Å²) in [6.45, 7) is 4.38. The molecular weight excluding hydrogens is 242 g/mol. The Labute approximate surface area is 113 Å². The summed E-state index contributed by atoms with van der Waals surface area (Å²) in [7, 11) is 1.85. The number of ether oxygens (including phenoxy) is 1. The van der Waals surface area contributed by atoms with E-state index in [0.717, 1.165) is 43.3 Å². The van der Waals surface area contributed by atoms with Gasteiger partial charge in [-0.25, -0.2) is 9.97 Å². The minimum atomic E-state index is 0.679. The Balaban J connectivity index is 1.93. The number of nitrogens with one attached hydrogen (secondary N) is 2. The third kappa shape index (κ3) is 3.57. The molecule has 6 heteroatoms. The van der Waals surface area contributed by atoms with Crippen LogP contribution in [-0.4, -0.2) is 41.2 Å². The largest absolute Gasteiger partial charge is 0.380 e. The fraction of sp³-hybridized carbons (Fsp3) is 0.538. The normalized spacial score (nSPS) is 10.8. The molecule has 0 unspecified atom stereocenters. The molecule has 19 heavy (non-hydrogen) atoms. The van der Waals surface area contributed by atoms with Crippen molar-refractivity contribution in [1.29, 1.82) is 0 Å². The Kier molecular flexibility index (Phi) is 4.97. The van der Waals surface area contributed by atoms with Crippen molar-refractivity contribution in [2.75, 3.05) is 37.4 Å². The first-order valence-electron chi connectivity index (χ1n) is 6.68. The Morgan fingerprint density at radius 3 is 3.05 bits per heavy atom. The highest BCUT2D eigenvalue weighted by Gasteiger charge is 2.05. The van der Waals surface area contributed by atoms with Gasteiger partial charge in [0.1, 0.15) is 5.82 Å². The van der Waals surface area contributed by atoms with E-state index in [1.807, 2.05) is 23.8 Å². The number of unbranched alkanes of at least 4 members (excludes halogenated alkanes) is 1. The van der Waals surface area contributed by atoms with Crippen LogP contribution in [0.25, 0.3) is 5.65 Å². The molecule has 6 nitrogen and oxygen atoms in total. The third-order valence-electron chi connectivity index (χ3n) is 2.81. The second-order valence-electron chi connectivity index (χ2n) is 4.28. The zero-order valence-electron chi connectivity index (χ0n) is 11.5. The number of nitrogens with zero attached hydrogens (tertiary/aromatic N) is 3. The van der Waals surface area contributed by atoms with E-state index in [1.54, 1.807) is 6.20 Å². The van der Waals surface area contributed by atoms with Gasteiger partial charge in [-0.1, -0.05) is 13.3 Å². The summed E-state index contributed by atoms with van der Waals surface area (Å²) in [6, 6.07) is 0. The Morgan fingerprint density at radius 1 is 1.37 bits per heavy atom. The Morgan fingerprint density at radius 2 is 2.26 bits per heavy atom. The highest BCUT2D eigenvalue weighted by molar-refractivity contribution is 5.65. The van der Waals surface area contributed by atoms with Crippen molar-refractivity contribution in [3.05, 3.63) is 18.6 Å². The highest BCUT2D eigenvalue weighted by Crippen LogP contribution is 2.15. The Hall–Kier alpha value is -1.82. The van der Waals surface area contributed by atoms with Gasteiger partial charge in [-0.3, -0.25) is 0 Å². The maximum atomic E-state index is 5.51. The number of hydrogen-bond acceptors (Lipinski definition) is 5. The average Bonchev–Trinajstić information content (AvgIpc) is 2.90. The molecular formula is C13H21N5O. The van der Waals surface area contributed by atoms with Crippen molar-refractivity contribution in [3.8, 4) is 0 Å². The minimum Gasteiger partial charge on any atom is -0.380 e. The lowest BCUT2D eigenvalue weighted by molar-refractivity contribution is 0.141. The molecule has 0 saturated heterocycles. The van der Waals surface area contributed by atoms with Crippen LogP contribution < -0.4 is 10.6 Å². The van der Waals surface area contributed by atoms with Gasteiger partial charge >= 0.3 is 0 Å². The van der Waals surface area contributed by atoms with Crippen molar-refractivity contribution in [2.24, 2.45) is 0 Å². The average molecular weight is 263 g/mol. The monoisotopic (exact) mass is 263 g/mol. The maximum absolute atomic E-state index is 5.51. The fourth-order valence-corrected chi connectivity index (χ4v) is 1.76. The SMILES string of the molecule is CCCCOCCNc1nc(NC)cn2ccnc12. The van der Waals surface area contributed by atoms with Gasteiger partial charge in [-0.2, -0.15) is 0 Å². The van der Waals surface area contributed by atoms with Crippen LogP contribution in [0.4, 0.5) is 11.6 Å². The maximum Gasteiger partial charge on any atom is 0.180 e. The molecule has 0 aliphatic carbocycles.